The fourth-order valence-corrected chi connectivity index (χ4v) is 2.86. The third-order valence-electron chi connectivity index (χ3n) is 3.24. The summed E-state index contributed by atoms with van der Waals surface area (Å²) in [6, 6.07) is 14.9. The first kappa shape index (κ1) is 15.3. The molecular weight excluding hydrogens is 282 g/mol. The molecule has 108 valence electrons. The lowest BCUT2D eigenvalue weighted by molar-refractivity contribution is 0.342. The highest BCUT2D eigenvalue weighted by atomic mass is 32.2. The Labute approximate surface area is 127 Å². The van der Waals surface area contributed by atoms with Crippen molar-refractivity contribution in [3.63, 3.8) is 0 Å². The van der Waals surface area contributed by atoms with Gasteiger partial charge in [0, 0.05) is 4.90 Å². The lowest BCUT2D eigenvalue weighted by Crippen LogP contribution is -2.09. The van der Waals surface area contributed by atoms with E-state index >= 15 is 0 Å². The normalized spacial score (nSPS) is 11.7. The summed E-state index contributed by atoms with van der Waals surface area (Å²) >= 11 is 0. The zero-order valence-corrected chi connectivity index (χ0v) is 12.9. The van der Waals surface area contributed by atoms with E-state index in [1.807, 2.05) is 32.0 Å². The van der Waals surface area contributed by atoms with Crippen molar-refractivity contribution >= 4 is 10.8 Å². The van der Waals surface area contributed by atoms with Crippen molar-refractivity contribution in [3.05, 3.63) is 59.2 Å². The van der Waals surface area contributed by atoms with Gasteiger partial charge in [-0.3, -0.25) is 4.21 Å². The number of hydrogen-bond donors (Lipinski definition) is 0. The summed E-state index contributed by atoms with van der Waals surface area (Å²) in [6.45, 7) is 4.40. The number of nitriles is 1. The molecule has 1 atom stereocenters. The Bertz CT molecular complexity index is 704. The molecule has 0 bridgehead atoms. The van der Waals surface area contributed by atoms with Crippen molar-refractivity contribution < 1.29 is 8.95 Å². The van der Waals surface area contributed by atoms with Crippen LogP contribution in [-0.2, 0) is 10.8 Å². The second-order valence-corrected chi connectivity index (χ2v) is 6.35. The lowest BCUT2D eigenvalue weighted by Gasteiger charge is -2.08. The van der Waals surface area contributed by atoms with Gasteiger partial charge >= 0.3 is 0 Å². The van der Waals surface area contributed by atoms with E-state index in [0.717, 1.165) is 10.5 Å². The van der Waals surface area contributed by atoms with Crippen LogP contribution >= 0.6 is 0 Å². The van der Waals surface area contributed by atoms with Gasteiger partial charge in [0.05, 0.1) is 28.2 Å². The van der Waals surface area contributed by atoms with E-state index in [2.05, 4.69) is 6.07 Å². The minimum absolute atomic E-state index is 0.356. The van der Waals surface area contributed by atoms with Gasteiger partial charge in [0.15, 0.2) is 0 Å². The molecule has 0 aliphatic heterocycles. The van der Waals surface area contributed by atoms with Crippen LogP contribution in [0.25, 0.3) is 0 Å². The number of rotatable bonds is 5. The summed E-state index contributed by atoms with van der Waals surface area (Å²) in [5.41, 5.74) is 2.89. The van der Waals surface area contributed by atoms with Gasteiger partial charge in [-0.1, -0.05) is 12.1 Å². The Morgan fingerprint density at radius 2 is 1.95 bits per heavy atom. The van der Waals surface area contributed by atoms with E-state index in [1.165, 1.54) is 5.56 Å². The Kier molecular flexibility index (Phi) is 5.13. The van der Waals surface area contributed by atoms with Gasteiger partial charge in [-0.25, -0.2) is 0 Å². The molecule has 0 saturated heterocycles. The average Bonchev–Trinajstić information content (AvgIpc) is 2.50. The highest BCUT2D eigenvalue weighted by Gasteiger charge is 2.06. The van der Waals surface area contributed by atoms with Gasteiger partial charge in [0.2, 0.25) is 0 Å². The molecule has 0 heterocycles. The molecule has 0 spiro atoms. The van der Waals surface area contributed by atoms with Crippen LogP contribution in [-0.4, -0.2) is 16.6 Å². The second kappa shape index (κ2) is 7.05. The lowest BCUT2D eigenvalue weighted by atomic mass is 10.1. The average molecular weight is 299 g/mol. The number of benzene rings is 2. The van der Waals surface area contributed by atoms with Crippen LogP contribution in [0.4, 0.5) is 0 Å². The van der Waals surface area contributed by atoms with Crippen LogP contribution in [0.15, 0.2) is 47.4 Å². The summed E-state index contributed by atoms with van der Waals surface area (Å²) in [5.74, 6) is 1.06. The maximum absolute atomic E-state index is 12.2. The molecule has 0 N–H and O–H groups in total. The van der Waals surface area contributed by atoms with Crippen LogP contribution in [0.1, 0.15) is 16.7 Å². The van der Waals surface area contributed by atoms with Gasteiger partial charge in [-0.2, -0.15) is 5.26 Å². The molecule has 3 nitrogen and oxygen atoms in total. The highest BCUT2D eigenvalue weighted by molar-refractivity contribution is 7.85. The minimum atomic E-state index is -1.07. The van der Waals surface area contributed by atoms with Crippen molar-refractivity contribution in [2.75, 3.05) is 12.4 Å². The van der Waals surface area contributed by atoms with Gasteiger partial charge in [0.25, 0.3) is 0 Å². The molecule has 0 radical (unpaired) electrons. The number of hydrogen-bond acceptors (Lipinski definition) is 3. The summed E-state index contributed by atoms with van der Waals surface area (Å²) in [6.07, 6.45) is 0. The van der Waals surface area contributed by atoms with Gasteiger partial charge in [0.1, 0.15) is 12.4 Å². The van der Waals surface area contributed by atoms with Gasteiger partial charge in [-0.15, -0.1) is 0 Å². The first-order chi connectivity index (χ1) is 10.1. The first-order valence-corrected chi connectivity index (χ1v) is 8.00. The van der Waals surface area contributed by atoms with Crippen molar-refractivity contribution in [2.24, 2.45) is 0 Å². The molecule has 0 fully saturated rings. The molecule has 4 heteroatoms. The highest BCUT2D eigenvalue weighted by Crippen LogP contribution is 2.15. The zero-order chi connectivity index (χ0) is 15.2. The summed E-state index contributed by atoms with van der Waals surface area (Å²) in [7, 11) is -1.07. The molecule has 0 aliphatic rings. The van der Waals surface area contributed by atoms with Crippen molar-refractivity contribution in [3.8, 4) is 11.8 Å². The van der Waals surface area contributed by atoms with E-state index in [-0.39, 0.29) is 0 Å². The number of nitrogens with zero attached hydrogens (tertiary/aromatic N) is 1. The summed E-state index contributed by atoms with van der Waals surface area (Å²) in [4.78, 5) is 0.826. The van der Waals surface area contributed by atoms with Crippen LogP contribution < -0.4 is 4.74 Å². The molecule has 0 aromatic heterocycles. The SMILES string of the molecule is Cc1ccc(S(=O)CCOc2cccc(C#N)c2)cc1C. The summed E-state index contributed by atoms with van der Waals surface area (Å²) in [5, 5.41) is 8.82. The Hall–Kier alpha value is -2.12. The smallest absolute Gasteiger partial charge is 0.120 e. The monoisotopic (exact) mass is 299 g/mol. The fourth-order valence-electron chi connectivity index (χ4n) is 1.86. The minimum Gasteiger partial charge on any atom is -0.493 e. The Morgan fingerprint density at radius 3 is 2.67 bits per heavy atom. The molecule has 2 rings (SSSR count). The topological polar surface area (TPSA) is 50.1 Å². The third kappa shape index (κ3) is 4.17. The van der Waals surface area contributed by atoms with E-state index in [4.69, 9.17) is 10.00 Å². The maximum Gasteiger partial charge on any atom is 0.120 e. The number of ether oxygens (including phenoxy) is 1. The van der Waals surface area contributed by atoms with E-state index in [0.29, 0.717) is 23.7 Å². The molecule has 2 aromatic rings. The maximum atomic E-state index is 12.2. The standard InChI is InChI=1S/C17H17NO2S/c1-13-6-7-17(10-14(13)2)21(19)9-8-20-16-5-3-4-15(11-16)12-18/h3-7,10-11H,8-9H2,1-2H3. The van der Waals surface area contributed by atoms with Crippen LogP contribution in [0.2, 0.25) is 0 Å². The Morgan fingerprint density at radius 1 is 1.14 bits per heavy atom. The Balaban J connectivity index is 1.92. The van der Waals surface area contributed by atoms with Crippen molar-refractivity contribution in [2.45, 2.75) is 18.7 Å². The predicted molar refractivity (Wildman–Crippen MR) is 83.8 cm³/mol. The molecule has 2 aromatic carbocycles. The number of aryl methyl sites for hydroxylation is 2. The molecule has 0 saturated carbocycles. The quantitative estimate of drug-likeness (QED) is 0.850. The zero-order valence-electron chi connectivity index (χ0n) is 12.1. The second-order valence-electron chi connectivity index (χ2n) is 4.78. The van der Waals surface area contributed by atoms with Gasteiger partial charge < -0.3 is 4.74 Å². The third-order valence-corrected chi connectivity index (χ3v) is 4.56. The van der Waals surface area contributed by atoms with Gasteiger partial charge in [-0.05, 0) is 55.3 Å². The molecular formula is C17H17NO2S. The van der Waals surface area contributed by atoms with E-state index < -0.39 is 10.8 Å². The molecule has 1 unspecified atom stereocenters. The van der Waals surface area contributed by atoms with Crippen LogP contribution in [0.3, 0.4) is 0 Å². The van der Waals surface area contributed by atoms with Crippen molar-refractivity contribution in [1.82, 2.24) is 0 Å². The molecule has 21 heavy (non-hydrogen) atoms. The summed E-state index contributed by atoms with van der Waals surface area (Å²) < 4.78 is 17.8. The predicted octanol–water partition coefficient (Wildman–Crippen LogP) is 3.36. The van der Waals surface area contributed by atoms with Crippen LogP contribution in [0.5, 0.6) is 5.75 Å². The first-order valence-electron chi connectivity index (χ1n) is 6.69. The molecule has 0 amide bonds. The van der Waals surface area contributed by atoms with Crippen LogP contribution in [0, 0.1) is 25.2 Å². The largest absolute Gasteiger partial charge is 0.493 e. The van der Waals surface area contributed by atoms with E-state index in [9.17, 15) is 4.21 Å². The fraction of sp³-hybridized carbons (Fsp3) is 0.235. The molecule has 0 aliphatic carbocycles. The van der Waals surface area contributed by atoms with E-state index in [1.54, 1.807) is 24.3 Å². The van der Waals surface area contributed by atoms with Crippen molar-refractivity contribution in [1.29, 1.82) is 5.26 Å².